The second-order valence-corrected chi connectivity index (χ2v) is 9.16. The van der Waals surface area contributed by atoms with E-state index in [1.807, 2.05) is 24.8 Å². The lowest BCUT2D eigenvalue weighted by Gasteiger charge is -2.22. The van der Waals surface area contributed by atoms with Crippen LogP contribution in [-0.2, 0) is 4.74 Å². The highest BCUT2D eigenvalue weighted by Crippen LogP contribution is 2.35. The van der Waals surface area contributed by atoms with Gasteiger partial charge in [-0.25, -0.2) is 4.52 Å². The van der Waals surface area contributed by atoms with Gasteiger partial charge in [0, 0.05) is 51.0 Å². The fourth-order valence-electron chi connectivity index (χ4n) is 4.76. The molecule has 5 rings (SSSR count). The predicted octanol–water partition coefficient (Wildman–Crippen LogP) is 4.10. The summed E-state index contributed by atoms with van der Waals surface area (Å²) in [5.41, 5.74) is 2.84. The number of nitrogens with zero attached hydrogens (tertiary/aromatic N) is 3. The van der Waals surface area contributed by atoms with Crippen LogP contribution in [0, 0.1) is 13.8 Å². The largest absolute Gasteiger partial charge is 0.460 e. The third-order valence-electron chi connectivity index (χ3n) is 6.86. The summed E-state index contributed by atoms with van der Waals surface area (Å²) in [5.74, 6) is 1.41. The molecule has 3 aromatic heterocycles. The number of ether oxygens (including phenoxy) is 2. The van der Waals surface area contributed by atoms with Crippen molar-refractivity contribution in [2.45, 2.75) is 32.8 Å². The summed E-state index contributed by atoms with van der Waals surface area (Å²) in [4.78, 5) is 27.4. The van der Waals surface area contributed by atoms with E-state index >= 15 is 0 Å². The van der Waals surface area contributed by atoms with Gasteiger partial charge in [0.25, 0.3) is 11.8 Å². The summed E-state index contributed by atoms with van der Waals surface area (Å²) in [7, 11) is 3.27. The van der Waals surface area contributed by atoms with Crippen molar-refractivity contribution >= 4 is 28.3 Å². The van der Waals surface area contributed by atoms with Crippen molar-refractivity contribution in [3.8, 4) is 11.5 Å². The van der Waals surface area contributed by atoms with Gasteiger partial charge in [0.2, 0.25) is 0 Å². The van der Waals surface area contributed by atoms with E-state index in [4.69, 9.17) is 13.9 Å². The summed E-state index contributed by atoms with van der Waals surface area (Å²) in [6.07, 6.45) is 4.18. The van der Waals surface area contributed by atoms with Crippen molar-refractivity contribution in [2.24, 2.45) is 0 Å². The van der Waals surface area contributed by atoms with E-state index in [2.05, 4.69) is 10.4 Å². The van der Waals surface area contributed by atoms with Crippen molar-refractivity contribution in [3.63, 3.8) is 0 Å². The minimum atomic E-state index is -0.324. The van der Waals surface area contributed by atoms with E-state index in [0.29, 0.717) is 52.6 Å². The predicted molar refractivity (Wildman–Crippen MR) is 130 cm³/mol. The van der Waals surface area contributed by atoms with Crippen molar-refractivity contribution in [2.75, 3.05) is 27.2 Å². The molecule has 1 N–H and O–H groups in total. The Morgan fingerprint density at radius 1 is 1.23 bits per heavy atom. The number of amides is 2. The lowest BCUT2D eigenvalue weighted by molar-refractivity contribution is 0.0146. The average Bonchev–Trinajstić information content (AvgIpc) is 3.51. The normalized spacial score (nSPS) is 17.9. The van der Waals surface area contributed by atoms with E-state index in [1.54, 1.807) is 56.2 Å². The first-order valence-electron chi connectivity index (χ1n) is 11.5. The van der Waals surface area contributed by atoms with Gasteiger partial charge in [-0.3, -0.25) is 9.59 Å². The van der Waals surface area contributed by atoms with Gasteiger partial charge in [0.05, 0.1) is 22.9 Å². The number of rotatable bonds is 5. The maximum atomic E-state index is 13.3. The van der Waals surface area contributed by atoms with Gasteiger partial charge >= 0.3 is 0 Å². The van der Waals surface area contributed by atoms with Gasteiger partial charge in [0.1, 0.15) is 22.6 Å². The summed E-state index contributed by atoms with van der Waals surface area (Å²) >= 11 is 0. The van der Waals surface area contributed by atoms with Crippen LogP contribution in [0.25, 0.3) is 16.5 Å². The maximum absolute atomic E-state index is 13.3. The van der Waals surface area contributed by atoms with Gasteiger partial charge in [-0.2, -0.15) is 5.10 Å². The number of nitrogens with one attached hydrogen (secondary N) is 1. The lowest BCUT2D eigenvalue weighted by atomic mass is 10.1. The second-order valence-electron chi connectivity index (χ2n) is 9.16. The number of carbonyl (C=O) groups excluding carboxylic acids is 2. The molecule has 0 radical (unpaired) electrons. The van der Waals surface area contributed by atoms with Crippen molar-refractivity contribution in [3.05, 3.63) is 59.1 Å². The van der Waals surface area contributed by atoms with Gasteiger partial charge in [-0.05, 0) is 44.9 Å². The lowest BCUT2D eigenvalue weighted by Crippen LogP contribution is -2.35. The zero-order valence-corrected chi connectivity index (χ0v) is 20.5. The standard InChI is InChI=1S/C26H28N4O5/c1-15-19(25(32)29-11-9-26(3,14-29)33-5)13-30-23(15)20(8-10-28-30)35-17-6-7-18-21(12-17)34-16(2)22(18)24(31)27-4/h6-8,10,12-13H,9,11,14H2,1-5H3,(H,27,31)/t26-/m0/s1. The van der Waals surface area contributed by atoms with Crippen LogP contribution in [0.1, 0.15) is 45.4 Å². The molecule has 2 amide bonds. The maximum Gasteiger partial charge on any atom is 0.255 e. The number of hydrogen-bond donors (Lipinski definition) is 1. The number of carbonyl (C=O) groups is 2. The molecule has 0 aliphatic carbocycles. The minimum absolute atomic E-state index is 0.0473. The Balaban J connectivity index is 1.48. The number of aryl methyl sites for hydroxylation is 2. The summed E-state index contributed by atoms with van der Waals surface area (Å²) in [5, 5.41) is 7.75. The fourth-order valence-corrected chi connectivity index (χ4v) is 4.76. The highest BCUT2D eigenvalue weighted by atomic mass is 16.5. The molecular formula is C26H28N4O5. The molecule has 1 aliphatic rings. The topological polar surface area (TPSA) is 98.3 Å². The molecule has 35 heavy (non-hydrogen) atoms. The molecule has 4 aromatic rings. The second kappa shape index (κ2) is 8.42. The Hall–Kier alpha value is -3.85. The van der Waals surface area contributed by atoms with Gasteiger partial charge in [0.15, 0.2) is 5.75 Å². The van der Waals surface area contributed by atoms with Crippen molar-refractivity contribution in [1.82, 2.24) is 19.8 Å². The highest BCUT2D eigenvalue weighted by molar-refractivity contribution is 6.07. The van der Waals surface area contributed by atoms with Crippen LogP contribution < -0.4 is 10.1 Å². The number of benzene rings is 1. The molecule has 1 saturated heterocycles. The van der Waals surface area contributed by atoms with Crippen LogP contribution in [0.4, 0.5) is 0 Å². The van der Waals surface area contributed by atoms with E-state index in [-0.39, 0.29) is 17.4 Å². The zero-order chi connectivity index (χ0) is 24.9. The van der Waals surface area contributed by atoms with Crippen LogP contribution >= 0.6 is 0 Å². The van der Waals surface area contributed by atoms with Crippen molar-refractivity contribution in [1.29, 1.82) is 0 Å². The van der Waals surface area contributed by atoms with E-state index in [1.165, 1.54) is 0 Å². The Bertz CT molecular complexity index is 1470. The van der Waals surface area contributed by atoms with Gasteiger partial charge < -0.3 is 24.1 Å². The summed E-state index contributed by atoms with van der Waals surface area (Å²) in [6.45, 7) is 6.87. The first kappa shape index (κ1) is 22.9. The monoisotopic (exact) mass is 476 g/mol. The average molecular weight is 477 g/mol. The molecule has 0 saturated carbocycles. The van der Waals surface area contributed by atoms with Crippen molar-refractivity contribution < 1.29 is 23.5 Å². The first-order chi connectivity index (χ1) is 16.7. The number of aromatic nitrogens is 2. The van der Waals surface area contributed by atoms with E-state index in [0.717, 1.165) is 17.4 Å². The molecule has 9 nitrogen and oxygen atoms in total. The molecule has 0 spiro atoms. The fraction of sp³-hybridized carbons (Fsp3) is 0.346. The molecule has 1 aliphatic heterocycles. The van der Waals surface area contributed by atoms with Gasteiger partial charge in [-0.1, -0.05) is 0 Å². The number of hydrogen-bond acceptors (Lipinski definition) is 6. The Morgan fingerprint density at radius 2 is 2.03 bits per heavy atom. The zero-order valence-electron chi connectivity index (χ0n) is 20.5. The molecule has 1 fully saturated rings. The smallest absolute Gasteiger partial charge is 0.255 e. The summed E-state index contributed by atoms with van der Waals surface area (Å²) < 4.78 is 19.3. The van der Waals surface area contributed by atoms with Crippen LogP contribution in [0.2, 0.25) is 0 Å². The molecule has 1 atom stereocenters. The van der Waals surface area contributed by atoms with Crippen LogP contribution in [-0.4, -0.2) is 59.2 Å². The third-order valence-corrected chi connectivity index (χ3v) is 6.86. The minimum Gasteiger partial charge on any atom is -0.460 e. The Morgan fingerprint density at radius 3 is 2.74 bits per heavy atom. The Labute approximate surface area is 202 Å². The van der Waals surface area contributed by atoms with E-state index < -0.39 is 0 Å². The SMILES string of the molecule is CNC(=O)c1c(C)oc2cc(Oc3ccnn4cc(C(=O)N5CC[C@](C)(OC)C5)c(C)c34)ccc12. The van der Waals surface area contributed by atoms with Gasteiger partial charge in [-0.15, -0.1) is 0 Å². The number of methoxy groups -OCH3 is 1. The number of furan rings is 1. The molecule has 0 bridgehead atoms. The highest BCUT2D eigenvalue weighted by Gasteiger charge is 2.37. The summed E-state index contributed by atoms with van der Waals surface area (Å²) in [6, 6.07) is 7.12. The van der Waals surface area contributed by atoms with Crippen LogP contribution in [0.3, 0.4) is 0 Å². The van der Waals surface area contributed by atoms with E-state index in [9.17, 15) is 9.59 Å². The molecule has 182 valence electrons. The molecule has 1 aromatic carbocycles. The first-order valence-corrected chi connectivity index (χ1v) is 11.5. The molecular weight excluding hydrogens is 448 g/mol. The van der Waals surface area contributed by atoms with Crippen LogP contribution in [0.15, 0.2) is 41.1 Å². The Kier molecular flexibility index (Phi) is 5.52. The third kappa shape index (κ3) is 3.81. The molecule has 9 heteroatoms. The molecule has 4 heterocycles. The number of fused-ring (bicyclic) bond motifs is 2. The molecule has 0 unspecified atom stereocenters. The quantitative estimate of drug-likeness (QED) is 0.466. The van der Waals surface area contributed by atoms with Crippen LogP contribution in [0.5, 0.6) is 11.5 Å². The number of likely N-dealkylation sites (tertiary alicyclic amines) is 1.